The highest BCUT2D eigenvalue weighted by atomic mass is 32.2. The number of amides is 2. The van der Waals surface area contributed by atoms with Gasteiger partial charge in [-0.3, -0.25) is 13.9 Å². The lowest BCUT2D eigenvalue weighted by Crippen LogP contribution is -2.33. The Hall–Kier alpha value is -2.92. The molecule has 1 aliphatic heterocycles. The Labute approximate surface area is 169 Å². The number of hydrogen-bond donors (Lipinski definition) is 1. The summed E-state index contributed by atoms with van der Waals surface area (Å²) in [5.41, 5.74) is 0.796. The average Bonchev–Trinajstić information content (AvgIpc) is 2.85. The van der Waals surface area contributed by atoms with Crippen molar-refractivity contribution in [3.05, 3.63) is 54.1 Å². The van der Waals surface area contributed by atoms with Crippen LogP contribution in [0.25, 0.3) is 0 Å². The van der Waals surface area contributed by atoms with Crippen molar-refractivity contribution in [3.63, 3.8) is 0 Å². The van der Waals surface area contributed by atoms with Crippen molar-refractivity contribution in [1.29, 1.82) is 0 Å². The van der Waals surface area contributed by atoms with Crippen LogP contribution >= 0.6 is 0 Å². The van der Waals surface area contributed by atoms with Crippen LogP contribution in [0.4, 0.5) is 11.4 Å². The highest BCUT2D eigenvalue weighted by molar-refractivity contribution is 7.92. The van der Waals surface area contributed by atoms with E-state index in [-0.39, 0.29) is 23.4 Å². The Morgan fingerprint density at radius 3 is 2.48 bits per heavy atom. The predicted molar refractivity (Wildman–Crippen MR) is 108 cm³/mol. The predicted octanol–water partition coefficient (Wildman–Crippen LogP) is 1.26. The number of carbonyl (C=O) groups excluding carboxylic acids is 2. The van der Waals surface area contributed by atoms with Gasteiger partial charge in [0.2, 0.25) is 15.9 Å². The van der Waals surface area contributed by atoms with Gasteiger partial charge in [-0.15, -0.1) is 0 Å². The van der Waals surface area contributed by atoms with E-state index in [0.29, 0.717) is 15.7 Å². The van der Waals surface area contributed by atoms with E-state index in [0.717, 1.165) is 10.6 Å². The SMILES string of the molecule is CN(c1cccc(NC(=O)CCN2C(=O)c3ccccc3S2(=O)=O)c1)S(C)(=O)=O. The molecule has 1 aliphatic rings. The molecular formula is C18H19N3O6S2. The molecule has 0 saturated heterocycles. The minimum Gasteiger partial charge on any atom is -0.326 e. The molecule has 2 aromatic carbocycles. The van der Waals surface area contributed by atoms with Crippen LogP contribution < -0.4 is 9.62 Å². The maximum atomic E-state index is 12.5. The van der Waals surface area contributed by atoms with Crippen molar-refractivity contribution in [2.75, 3.05) is 29.5 Å². The Balaban J connectivity index is 1.68. The van der Waals surface area contributed by atoms with Crippen molar-refractivity contribution in [2.45, 2.75) is 11.3 Å². The molecule has 0 unspecified atom stereocenters. The van der Waals surface area contributed by atoms with Gasteiger partial charge >= 0.3 is 0 Å². The number of sulfonamides is 2. The summed E-state index contributed by atoms with van der Waals surface area (Å²) in [6.07, 6.45) is 0.814. The van der Waals surface area contributed by atoms with Gasteiger partial charge in [0.15, 0.2) is 0 Å². The van der Waals surface area contributed by atoms with E-state index >= 15 is 0 Å². The molecule has 2 amide bonds. The number of benzene rings is 2. The first-order valence-electron chi connectivity index (χ1n) is 8.52. The zero-order valence-electron chi connectivity index (χ0n) is 15.7. The maximum Gasteiger partial charge on any atom is 0.269 e. The fourth-order valence-corrected chi connectivity index (χ4v) is 4.92. The zero-order valence-corrected chi connectivity index (χ0v) is 17.3. The second-order valence-electron chi connectivity index (χ2n) is 6.46. The second-order valence-corrected chi connectivity index (χ2v) is 10.3. The first kappa shape index (κ1) is 20.8. The van der Waals surface area contributed by atoms with Crippen molar-refractivity contribution in [1.82, 2.24) is 4.31 Å². The summed E-state index contributed by atoms with van der Waals surface area (Å²) in [5, 5.41) is 2.58. The van der Waals surface area contributed by atoms with Crippen LogP contribution in [-0.4, -0.2) is 52.8 Å². The van der Waals surface area contributed by atoms with Gasteiger partial charge in [0.1, 0.15) is 4.90 Å². The molecule has 0 spiro atoms. The molecule has 0 aliphatic carbocycles. The topological polar surface area (TPSA) is 121 Å². The number of nitrogens with zero attached hydrogens (tertiary/aromatic N) is 2. The minimum absolute atomic E-state index is 0.0677. The van der Waals surface area contributed by atoms with Crippen molar-refractivity contribution in [3.8, 4) is 0 Å². The summed E-state index contributed by atoms with van der Waals surface area (Å²) in [7, 11) is -6.04. The van der Waals surface area contributed by atoms with E-state index in [9.17, 15) is 26.4 Å². The molecule has 154 valence electrons. The van der Waals surface area contributed by atoms with Crippen molar-refractivity contribution < 1.29 is 26.4 Å². The lowest BCUT2D eigenvalue weighted by molar-refractivity contribution is -0.116. The van der Waals surface area contributed by atoms with E-state index < -0.39 is 31.9 Å². The molecule has 0 fully saturated rings. The van der Waals surface area contributed by atoms with E-state index in [1.54, 1.807) is 24.3 Å². The summed E-state index contributed by atoms with van der Waals surface area (Å²) in [5.74, 6) is -1.17. The van der Waals surface area contributed by atoms with Gasteiger partial charge in [0.25, 0.3) is 15.9 Å². The van der Waals surface area contributed by atoms with Gasteiger partial charge in [-0.25, -0.2) is 21.1 Å². The summed E-state index contributed by atoms with van der Waals surface area (Å²) >= 11 is 0. The van der Waals surface area contributed by atoms with Gasteiger partial charge in [-0.1, -0.05) is 18.2 Å². The number of hydrogen-bond acceptors (Lipinski definition) is 6. The Kier molecular flexibility index (Phi) is 5.37. The van der Waals surface area contributed by atoms with E-state index in [1.165, 1.54) is 31.3 Å². The molecule has 1 heterocycles. The summed E-state index contributed by atoms with van der Waals surface area (Å²) in [6, 6.07) is 12.1. The van der Waals surface area contributed by atoms with Gasteiger partial charge < -0.3 is 5.32 Å². The van der Waals surface area contributed by atoms with Crippen LogP contribution in [-0.2, 0) is 24.8 Å². The Morgan fingerprint density at radius 1 is 1.14 bits per heavy atom. The number of rotatable bonds is 6. The molecule has 0 atom stereocenters. The number of carbonyl (C=O) groups is 2. The standard InChI is InChI=1S/C18H19N3O6S2/c1-20(28(2,24)25)14-7-5-6-13(12-14)19-17(22)10-11-21-18(23)15-8-3-4-9-16(15)29(21,26)27/h3-9,12H,10-11H2,1-2H3,(H,19,22). The van der Waals surface area contributed by atoms with Crippen LogP contribution in [0.5, 0.6) is 0 Å². The first-order chi connectivity index (χ1) is 13.5. The third-order valence-corrected chi connectivity index (χ3v) is 7.49. The first-order valence-corrected chi connectivity index (χ1v) is 11.8. The van der Waals surface area contributed by atoms with E-state index in [1.807, 2.05) is 0 Å². The normalized spacial score (nSPS) is 15.1. The summed E-state index contributed by atoms with van der Waals surface area (Å²) in [6.45, 7) is -0.301. The fraction of sp³-hybridized carbons (Fsp3) is 0.222. The Morgan fingerprint density at radius 2 is 1.83 bits per heavy atom. The quantitative estimate of drug-likeness (QED) is 0.726. The lowest BCUT2D eigenvalue weighted by Gasteiger charge is -2.18. The van der Waals surface area contributed by atoms with Crippen molar-refractivity contribution >= 4 is 43.2 Å². The highest BCUT2D eigenvalue weighted by Gasteiger charge is 2.40. The zero-order chi connectivity index (χ0) is 21.4. The molecule has 29 heavy (non-hydrogen) atoms. The van der Waals surface area contributed by atoms with Crippen LogP contribution in [0.2, 0.25) is 0 Å². The second kappa shape index (κ2) is 7.48. The van der Waals surface area contributed by atoms with Gasteiger partial charge in [-0.2, -0.15) is 0 Å². The van der Waals surface area contributed by atoms with Crippen LogP contribution in [0.1, 0.15) is 16.8 Å². The molecule has 0 radical (unpaired) electrons. The maximum absolute atomic E-state index is 12.5. The third-order valence-electron chi connectivity index (χ3n) is 4.44. The lowest BCUT2D eigenvalue weighted by atomic mass is 10.2. The largest absolute Gasteiger partial charge is 0.326 e. The highest BCUT2D eigenvalue weighted by Crippen LogP contribution is 2.30. The minimum atomic E-state index is -3.97. The Bertz CT molecular complexity index is 1190. The number of anilines is 2. The van der Waals surface area contributed by atoms with Crippen LogP contribution in [0.15, 0.2) is 53.4 Å². The molecule has 1 N–H and O–H groups in total. The molecule has 11 heteroatoms. The number of fused-ring (bicyclic) bond motifs is 1. The summed E-state index contributed by atoms with van der Waals surface area (Å²) in [4.78, 5) is 24.5. The van der Waals surface area contributed by atoms with Crippen LogP contribution in [0.3, 0.4) is 0 Å². The molecular weight excluding hydrogens is 418 g/mol. The van der Waals surface area contributed by atoms with Crippen molar-refractivity contribution in [2.24, 2.45) is 0 Å². The molecule has 2 aromatic rings. The van der Waals surface area contributed by atoms with Gasteiger partial charge in [-0.05, 0) is 30.3 Å². The smallest absolute Gasteiger partial charge is 0.269 e. The average molecular weight is 437 g/mol. The monoisotopic (exact) mass is 437 g/mol. The molecule has 0 aromatic heterocycles. The van der Waals surface area contributed by atoms with Crippen LogP contribution in [0, 0.1) is 0 Å². The molecule has 3 rings (SSSR count). The van der Waals surface area contributed by atoms with Gasteiger partial charge in [0.05, 0.1) is 17.5 Å². The van der Waals surface area contributed by atoms with E-state index in [2.05, 4.69) is 5.32 Å². The molecule has 0 bridgehead atoms. The molecule has 0 saturated carbocycles. The summed E-state index contributed by atoms with van der Waals surface area (Å²) < 4.78 is 50.0. The third kappa shape index (κ3) is 4.10. The molecule has 9 nitrogen and oxygen atoms in total. The fourth-order valence-electron chi connectivity index (χ4n) is 2.85. The van der Waals surface area contributed by atoms with E-state index in [4.69, 9.17) is 0 Å². The number of nitrogens with one attached hydrogen (secondary N) is 1. The van der Waals surface area contributed by atoms with Gasteiger partial charge in [0, 0.05) is 25.7 Å².